The summed E-state index contributed by atoms with van der Waals surface area (Å²) in [5.41, 5.74) is 4.29. The van der Waals surface area contributed by atoms with Crippen molar-refractivity contribution in [2.24, 2.45) is 5.10 Å². The normalized spacial score (nSPS) is 11.3. The smallest absolute Gasteiger partial charge is 0.271 e. The third kappa shape index (κ3) is 5.01. The fourth-order valence-corrected chi connectivity index (χ4v) is 2.90. The number of nitrogens with zero attached hydrogens (tertiary/aromatic N) is 1. The Morgan fingerprint density at radius 2 is 1.67 bits per heavy atom. The number of carbonyl (C=O) groups excluding carboxylic acids is 2. The number of benzene rings is 3. The molecule has 0 aliphatic rings. The molecule has 3 rings (SSSR count). The van der Waals surface area contributed by atoms with E-state index in [1.54, 1.807) is 25.1 Å². The predicted molar refractivity (Wildman–Crippen MR) is 112 cm³/mol. The second kappa shape index (κ2) is 8.60. The average Bonchev–Trinajstić information content (AvgIpc) is 2.67. The summed E-state index contributed by atoms with van der Waals surface area (Å²) in [6, 6.07) is 20.5. The van der Waals surface area contributed by atoms with Crippen LogP contribution >= 0.6 is 15.9 Å². The van der Waals surface area contributed by atoms with Gasteiger partial charge < -0.3 is 5.32 Å². The zero-order valence-electron chi connectivity index (χ0n) is 14.7. The molecule has 0 unspecified atom stereocenters. The fourth-order valence-electron chi connectivity index (χ4n) is 2.64. The number of nitrogens with one attached hydrogen (secondary N) is 2. The summed E-state index contributed by atoms with van der Waals surface area (Å²) < 4.78 is 0.939. The molecule has 0 saturated carbocycles. The molecule has 0 heterocycles. The van der Waals surface area contributed by atoms with Crippen LogP contribution in [0.1, 0.15) is 23.7 Å². The van der Waals surface area contributed by atoms with Gasteiger partial charge in [-0.25, -0.2) is 5.43 Å². The van der Waals surface area contributed by atoms with Crippen LogP contribution in [0.25, 0.3) is 10.8 Å². The summed E-state index contributed by atoms with van der Waals surface area (Å²) in [5, 5.41) is 8.69. The van der Waals surface area contributed by atoms with Gasteiger partial charge >= 0.3 is 0 Å². The second-order valence-corrected chi connectivity index (χ2v) is 6.96. The van der Waals surface area contributed by atoms with Crippen LogP contribution in [0.15, 0.2) is 76.3 Å². The molecule has 136 valence electrons. The molecule has 2 amide bonds. The van der Waals surface area contributed by atoms with Crippen LogP contribution < -0.4 is 10.7 Å². The first-order valence-electron chi connectivity index (χ1n) is 8.39. The van der Waals surface area contributed by atoms with Crippen LogP contribution in [0, 0.1) is 0 Å². The van der Waals surface area contributed by atoms with Crippen molar-refractivity contribution in [1.82, 2.24) is 5.43 Å². The minimum Gasteiger partial charge on any atom is -0.326 e. The maximum absolute atomic E-state index is 12.4. The van der Waals surface area contributed by atoms with Crippen molar-refractivity contribution < 1.29 is 9.59 Å². The Morgan fingerprint density at radius 1 is 0.963 bits per heavy atom. The Kier molecular flexibility index (Phi) is 5.98. The van der Waals surface area contributed by atoms with Crippen molar-refractivity contribution in [3.05, 3.63) is 76.8 Å². The lowest BCUT2D eigenvalue weighted by Gasteiger charge is -2.07. The van der Waals surface area contributed by atoms with Gasteiger partial charge in [0.1, 0.15) is 0 Å². The van der Waals surface area contributed by atoms with Crippen LogP contribution in [0.3, 0.4) is 0 Å². The maximum atomic E-state index is 12.4. The van der Waals surface area contributed by atoms with Crippen molar-refractivity contribution in [3.8, 4) is 0 Å². The lowest BCUT2D eigenvalue weighted by atomic mass is 10.0. The monoisotopic (exact) mass is 423 g/mol. The van der Waals surface area contributed by atoms with Crippen molar-refractivity contribution in [1.29, 1.82) is 0 Å². The van der Waals surface area contributed by atoms with E-state index in [-0.39, 0.29) is 18.2 Å². The predicted octanol–water partition coefficient (Wildman–Crippen LogP) is 4.74. The number of amides is 2. The summed E-state index contributed by atoms with van der Waals surface area (Å²) >= 11 is 3.35. The zero-order valence-corrected chi connectivity index (χ0v) is 16.3. The van der Waals surface area contributed by atoms with Gasteiger partial charge in [-0.2, -0.15) is 5.10 Å². The van der Waals surface area contributed by atoms with E-state index in [0.717, 1.165) is 15.2 Å². The molecule has 0 aromatic heterocycles. The van der Waals surface area contributed by atoms with Gasteiger partial charge in [0.05, 0.1) is 6.42 Å². The fraction of sp³-hybridized carbons (Fsp3) is 0.0952. The first-order chi connectivity index (χ1) is 13.0. The van der Waals surface area contributed by atoms with Gasteiger partial charge in [-0.05, 0) is 48.0 Å². The maximum Gasteiger partial charge on any atom is 0.271 e. The lowest BCUT2D eigenvalue weighted by Crippen LogP contribution is -2.21. The molecule has 0 aliphatic carbocycles. The van der Waals surface area contributed by atoms with E-state index in [9.17, 15) is 9.59 Å². The summed E-state index contributed by atoms with van der Waals surface area (Å²) in [5.74, 6) is -0.502. The van der Waals surface area contributed by atoms with E-state index in [2.05, 4.69) is 31.8 Å². The molecule has 5 nitrogen and oxygen atoms in total. The first kappa shape index (κ1) is 18.8. The molecule has 0 spiro atoms. The van der Waals surface area contributed by atoms with Gasteiger partial charge in [0.25, 0.3) is 5.91 Å². The van der Waals surface area contributed by atoms with Crippen LogP contribution in [-0.4, -0.2) is 17.5 Å². The van der Waals surface area contributed by atoms with Crippen LogP contribution in [-0.2, 0) is 4.79 Å². The molecule has 0 saturated heterocycles. The highest BCUT2D eigenvalue weighted by molar-refractivity contribution is 9.10. The van der Waals surface area contributed by atoms with Crippen molar-refractivity contribution in [2.45, 2.75) is 13.3 Å². The molecular formula is C21H18BrN3O2. The first-order valence-corrected chi connectivity index (χ1v) is 9.19. The highest BCUT2D eigenvalue weighted by atomic mass is 79.9. The molecule has 27 heavy (non-hydrogen) atoms. The van der Waals surface area contributed by atoms with E-state index >= 15 is 0 Å². The molecule has 3 aromatic carbocycles. The minimum absolute atomic E-state index is 0.0892. The molecular weight excluding hydrogens is 406 g/mol. The Bertz CT molecular complexity index is 1010. The molecule has 0 fully saturated rings. The van der Waals surface area contributed by atoms with Crippen molar-refractivity contribution >= 4 is 49.9 Å². The third-order valence-corrected chi connectivity index (χ3v) is 4.46. The van der Waals surface area contributed by atoms with Gasteiger partial charge in [-0.1, -0.05) is 52.3 Å². The van der Waals surface area contributed by atoms with E-state index in [0.29, 0.717) is 17.0 Å². The number of hydrogen-bond donors (Lipinski definition) is 2. The molecule has 2 N–H and O–H groups in total. The molecule has 0 bridgehead atoms. The van der Waals surface area contributed by atoms with E-state index in [1.807, 2.05) is 48.5 Å². The average molecular weight is 424 g/mol. The molecule has 6 heteroatoms. The summed E-state index contributed by atoms with van der Waals surface area (Å²) in [6.07, 6.45) is 0.0892. The number of carbonyl (C=O) groups is 2. The van der Waals surface area contributed by atoms with Crippen molar-refractivity contribution in [2.75, 3.05) is 5.32 Å². The quantitative estimate of drug-likeness (QED) is 0.459. The standard InChI is InChI=1S/C21H18BrN3O2/c1-14(13-20(26)23-17-11-9-16(22)10-12-17)24-25-21(27)19-8-4-6-15-5-2-3-7-18(15)19/h2-12H,13H2,1H3,(H,23,26)(H,25,27)/b24-14+. The van der Waals surface area contributed by atoms with E-state index in [4.69, 9.17) is 0 Å². The summed E-state index contributed by atoms with van der Waals surface area (Å²) in [4.78, 5) is 24.5. The van der Waals surface area contributed by atoms with Crippen LogP contribution in [0.5, 0.6) is 0 Å². The number of halogens is 1. The third-order valence-electron chi connectivity index (χ3n) is 3.93. The van der Waals surface area contributed by atoms with E-state index in [1.165, 1.54) is 0 Å². The lowest BCUT2D eigenvalue weighted by molar-refractivity contribution is -0.115. The highest BCUT2D eigenvalue weighted by Crippen LogP contribution is 2.18. The van der Waals surface area contributed by atoms with E-state index < -0.39 is 0 Å². The Labute approximate surface area is 165 Å². The second-order valence-electron chi connectivity index (χ2n) is 6.05. The molecule has 3 aromatic rings. The number of anilines is 1. The number of hydrogen-bond acceptors (Lipinski definition) is 3. The molecule has 0 atom stereocenters. The summed E-state index contributed by atoms with van der Waals surface area (Å²) in [6.45, 7) is 1.70. The van der Waals surface area contributed by atoms with Crippen molar-refractivity contribution in [3.63, 3.8) is 0 Å². The molecule has 0 aliphatic heterocycles. The minimum atomic E-state index is -0.306. The number of rotatable bonds is 5. The van der Waals surface area contributed by atoms with Gasteiger partial charge in [-0.3, -0.25) is 9.59 Å². The molecule has 0 radical (unpaired) electrons. The van der Waals surface area contributed by atoms with Gasteiger partial charge in [0.2, 0.25) is 5.91 Å². The Hall–Kier alpha value is -2.99. The largest absolute Gasteiger partial charge is 0.326 e. The Balaban J connectivity index is 1.61. The number of hydrazone groups is 1. The van der Waals surface area contributed by atoms with Gasteiger partial charge in [0, 0.05) is 21.4 Å². The zero-order chi connectivity index (χ0) is 19.2. The van der Waals surface area contributed by atoms with Gasteiger partial charge in [-0.15, -0.1) is 0 Å². The Morgan fingerprint density at radius 3 is 2.44 bits per heavy atom. The number of fused-ring (bicyclic) bond motifs is 1. The summed E-state index contributed by atoms with van der Waals surface area (Å²) in [7, 11) is 0. The highest BCUT2D eigenvalue weighted by Gasteiger charge is 2.10. The van der Waals surface area contributed by atoms with Crippen LogP contribution in [0.4, 0.5) is 5.69 Å². The topological polar surface area (TPSA) is 70.6 Å². The van der Waals surface area contributed by atoms with Crippen LogP contribution in [0.2, 0.25) is 0 Å². The SMILES string of the molecule is C/C(CC(=O)Nc1ccc(Br)cc1)=N\NC(=O)c1cccc2ccccc12. The van der Waals surface area contributed by atoms with Gasteiger partial charge in [0.15, 0.2) is 0 Å².